The molecule has 2 aromatic rings. The summed E-state index contributed by atoms with van der Waals surface area (Å²) in [6.45, 7) is 3.06. The molecule has 2 rings (SSSR count). The summed E-state index contributed by atoms with van der Waals surface area (Å²) in [6, 6.07) is 3.26. The van der Waals surface area contributed by atoms with Gasteiger partial charge in [0.2, 0.25) is 0 Å². The standard InChI is InChI=1S/C11H11Cl2FN2/c1-6-4-7-5-8(14)9(12)10(13)11(7)16(6)3-2-15/h4-5H,2-3,15H2,1H3. The van der Waals surface area contributed by atoms with Crippen molar-refractivity contribution in [1.29, 1.82) is 0 Å². The Hall–Kier alpha value is -0.770. The van der Waals surface area contributed by atoms with E-state index in [2.05, 4.69) is 0 Å². The van der Waals surface area contributed by atoms with Crippen LogP contribution >= 0.6 is 23.2 Å². The van der Waals surface area contributed by atoms with Crippen LogP contribution in [0.3, 0.4) is 0 Å². The van der Waals surface area contributed by atoms with Gasteiger partial charge in [0.1, 0.15) is 5.82 Å². The van der Waals surface area contributed by atoms with E-state index in [9.17, 15) is 4.39 Å². The Morgan fingerprint density at radius 1 is 1.31 bits per heavy atom. The zero-order valence-electron chi connectivity index (χ0n) is 8.73. The van der Waals surface area contributed by atoms with E-state index in [0.29, 0.717) is 13.1 Å². The highest BCUT2D eigenvalue weighted by Crippen LogP contribution is 2.34. The van der Waals surface area contributed by atoms with Crippen molar-refractivity contribution in [2.24, 2.45) is 5.73 Å². The van der Waals surface area contributed by atoms with Crippen LogP contribution in [0.5, 0.6) is 0 Å². The molecule has 0 aliphatic heterocycles. The first-order valence-electron chi connectivity index (χ1n) is 4.89. The van der Waals surface area contributed by atoms with Gasteiger partial charge in [-0.3, -0.25) is 0 Å². The van der Waals surface area contributed by atoms with Crippen LogP contribution in [0.1, 0.15) is 5.69 Å². The third-order valence-corrected chi connectivity index (χ3v) is 3.41. The molecular weight excluding hydrogens is 250 g/mol. The minimum absolute atomic E-state index is 0.0365. The Morgan fingerprint density at radius 2 is 2.00 bits per heavy atom. The maximum Gasteiger partial charge on any atom is 0.144 e. The second-order valence-corrected chi connectivity index (χ2v) is 4.41. The molecule has 5 heteroatoms. The maximum absolute atomic E-state index is 13.4. The number of nitrogens with two attached hydrogens (primary N) is 1. The lowest BCUT2D eigenvalue weighted by Gasteiger charge is -2.08. The number of rotatable bonds is 2. The average molecular weight is 261 g/mol. The van der Waals surface area contributed by atoms with Gasteiger partial charge >= 0.3 is 0 Å². The molecule has 0 unspecified atom stereocenters. The van der Waals surface area contributed by atoms with Crippen molar-refractivity contribution >= 4 is 34.1 Å². The Balaban J connectivity index is 2.82. The molecule has 0 fully saturated rings. The third-order valence-electron chi connectivity index (χ3n) is 2.58. The molecule has 0 amide bonds. The molecule has 86 valence electrons. The SMILES string of the molecule is Cc1cc2cc(F)c(Cl)c(Cl)c2n1CCN. The molecule has 1 aromatic carbocycles. The lowest BCUT2D eigenvalue weighted by atomic mass is 10.2. The molecule has 1 aromatic heterocycles. The zero-order chi connectivity index (χ0) is 11.9. The van der Waals surface area contributed by atoms with E-state index in [-0.39, 0.29) is 10.0 Å². The van der Waals surface area contributed by atoms with Crippen LogP contribution < -0.4 is 5.73 Å². The molecule has 0 radical (unpaired) electrons. The fourth-order valence-corrected chi connectivity index (χ4v) is 2.33. The molecule has 2 nitrogen and oxygen atoms in total. The summed E-state index contributed by atoms with van der Waals surface area (Å²) in [5.74, 6) is -0.496. The number of aromatic nitrogens is 1. The minimum atomic E-state index is -0.496. The molecule has 2 N–H and O–H groups in total. The second-order valence-electron chi connectivity index (χ2n) is 3.65. The third kappa shape index (κ3) is 1.69. The summed E-state index contributed by atoms with van der Waals surface area (Å²) in [4.78, 5) is 0. The van der Waals surface area contributed by atoms with E-state index in [1.165, 1.54) is 6.07 Å². The second kappa shape index (κ2) is 4.24. The quantitative estimate of drug-likeness (QED) is 0.825. The number of nitrogens with zero attached hydrogens (tertiary/aromatic N) is 1. The van der Waals surface area contributed by atoms with E-state index >= 15 is 0 Å². The Labute approximate surface area is 103 Å². The number of fused-ring (bicyclic) bond motifs is 1. The van der Waals surface area contributed by atoms with E-state index < -0.39 is 5.82 Å². The topological polar surface area (TPSA) is 30.9 Å². The first-order chi connectivity index (χ1) is 7.56. The molecule has 0 aliphatic carbocycles. The van der Waals surface area contributed by atoms with Crippen molar-refractivity contribution in [2.45, 2.75) is 13.5 Å². The molecule has 16 heavy (non-hydrogen) atoms. The summed E-state index contributed by atoms with van der Waals surface area (Å²) in [5, 5.41) is 0.960. The summed E-state index contributed by atoms with van der Waals surface area (Å²) < 4.78 is 15.3. The van der Waals surface area contributed by atoms with Crippen LogP contribution in [-0.4, -0.2) is 11.1 Å². The maximum atomic E-state index is 13.4. The minimum Gasteiger partial charge on any atom is -0.342 e. The van der Waals surface area contributed by atoms with Crippen LogP contribution in [0.4, 0.5) is 4.39 Å². The number of benzene rings is 1. The van der Waals surface area contributed by atoms with Gasteiger partial charge in [0.05, 0.1) is 15.6 Å². The van der Waals surface area contributed by atoms with Gasteiger partial charge in [0.25, 0.3) is 0 Å². The average Bonchev–Trinajstić information content (AvgIpc) is 2.53. The monoisotopic (exact) mass is 260 g/mol. The zero-order valence-corrected chi connectivity index (χ0v) is 10.2. The van der Waals surface area contributed by atoms with Gasteiger partial charge in [0.15, 0.2) is 0 Å². The van der Waals surface area contributed by atoms with Crippen LogP contribution in [0.2, 0.25) is 10.0 Å². The van der Waals surface area contributed by atoms with Gasteiger partial charge < -0.3 is 10.3 Å². The van der Waals surface area contributed by atoms with Gasteiger partial charge in [-0.1, -0.05) is 23.2 Å². The van der Waals surface area contributed by atoms with Gasteiger partial charge in [-0.15, -0.1) is 0 Å². The van der Waals surface area contributed by atoms with Crippen LogP contribution in [0.25, 0.3) is 10.9 Å². The molecule has 0 atom stereocenters. The van der Waals surface area contributed by atoms with E-state index in [4.69, 9.17) is 28.9 Å². The molecular formula is C11H11Cl2FN2. The molecule has 0 aliphatic rings. The first-order valence-corrected chi connectivity index (χ1v) is 5.65. The molecule has 0 spiro atoms. The Kier molecular flexibility index (Phi) is 3.10. The van der Waals surface area contributed by atoms with Gasteiger partial charge in [0, 0.05) is 24.2 Å². The number of aryl methyl sites for hydroxylation is 1. The van der Waals surface area contributed by atoms with Crippen LogP contribution in [-0.2, 0) is 6.54 Å². The van der Waals surface area contributed by atoms with Crippen molar-refractivity contribution in [1.82, 2.24) is 4.57 Å². The first kappa shape index (κ1) is 11.7. The van der Waals surface area contributed by atoms with Crippen LogP contribution in [0.15, 0.2) is 12.1 Å². The van der Waals surface area contributed by atoms with Crippen molar-refractivity contribution in [3.8, 4) is 0 Å². The van der Waals surface area contributed by atoms with Crippen LogP contribution in [0, 0.1) is 12.7 Å². The summed E-state index contributed by atoms with van der Waals surface area (Å²) in [7, 11) is 0. The molecule has 0 saturated heterocycles. The molecule has 1 heterocycles. The predicted molar refractivity (Wildman–Crippen MR) is 65.7 cm³/mol. The highest BCUT2D eigenvalue weighted by atomic mass is 35.5. The normalized spacial score (nSPS) is 11.3. The Bertz CT molecular complexity index is 549. The van der Waals surface area contributed by atoms with Crippen molar-refractivity contribution in [3.63, 3.8) is 0 Å². The van der Waals surface area contributed by atoms with Gasteiger partial charge in [-0.05, 0) is 19.1 Å². The summed E-state index contributed by atoms with van der Waals surface area (Å²) in [5.41, 5.74) is 7.26. The highest BCUT2D eigenvalue weighted by molar-refractivity contribution is 6.45. The summed E-state index contributed by atoms with van der Waals surface area (Å²) >= 11 is 11.8. The Morgan fingerprint density at radius 3 is 2.62 bits per heavy atom. The predicted octanol–water partition coefficient (Wildman–Crippen LogP) is 3.35. The van der Waals surface area contributed by atoms with Gasteiger partial charge in [-0.2, -0.15) is 0 Å². The fraction of sp³-hybridized carbons (Fsp3) is 0.273. The lowest BCUT2D eigenvalue weighted by molar-refractivity contribution is 0.630. The highest BCUT2D eigenvalue weighted by Gasteiger charge is 2.15. The number of hydrogen-bond donors (Lipinski definition) is 1. The summed E-state index contributed by atoms with van der Waals surface area (Å²) in [6.07, 6.45) is 0. The fourth-order valence-electron chi connectivity index (χ4n) is 1.88. The van der Waals surface area contributed by atoms with E-state index in [0.717, 1.165) is 16.6 Å². The van der Waals surface area contributed by atoms with Crippen molar-refractivity contribution in [2.75, 3.05) is 6.54 Å². The smallest absolute Gasteiger partial charge is 0.144 e. The van der Waals surface area contributed by atoms with Gasteiger partial charge in [-0.25, -0.2) is 4.39 Å². The number of halogens is 3. The largest absolute Gasteiger partial charge is 0.342 e. The number of hydrogen-bond acceptors (Lipinski definition) is 1. The van der Waals surface area contributed by atoms with E-state index in [1.54, 1.807) is 0 Å². The lowest BCUT2D eigenvalue weighted by Crippen LogP contribution is -2.10. The van der Waals surface area contributed by atoms with Crippen molar-refractivity contribution < 1.29 is 4.39 Å². The van der Waals surface area contributed by atoms with E-state index in [1.807, 2.05) is 17.6 Å². The van der Waals surface area contributed by atoms with Crippen molar-refractivity contribution in [3.05, 3.63) is 33.7 Å². The molecule has 0 bridgehead atoms. The molecule has 0 saturated carbocycles.